The maximum absolute atomic E-state index is 4.47. The first-order valence-corrected chi connectivity index (χ1v) is 8.42. The van der Waals surface area contributed by atoms with E-state index in [0.717, 1.165) is 36.9 Å². The number of hydrogen-bond donors (Lipinski definition) is 1. The summed E-state index contributed by atoms with van der Waals surface area (Å²) in [5, 5.41) is 4.66. The normalized spacial score (nSPS) is 11.1. The lowest BCUT2D eigenvalue weighted by Crippen LogP contribution is -2.22. The van der Waals surface area contributed by atoms with E-state index in [1.54, 1.807) is 11.3 Å². The third kappa shape index (κ3) is 4.55. The number of nitrogens with one attached hydrogen (secondary N) is 1. The van der Waals surface area contributed by atoms with Gasteiger partial charge in [0.2, 0.25) is 0 Å². The van der Waals surface area contributed by atoms with Gasteiger partial charge in [-0.3, -0.25) is 4.90 Å². The molecule has 0 aliphatic heterocycles. The molecule has 0 spiro atoms. The van der Waals surface area contributed by atoms with Crippen LogP contribution in [0.15, 0.2) is 24.3 Å². The number of thiazole rings is 1. The van der Waals surface area contributed by atoms with Crippen molar-refractivity contribution in [1.29, 1.82) is 0 Å². The lowest BCUT2D eigenvalue weighted by atomic mass is 10.2. The molecule has 1 aromatic carbocycles. The summed E-state index contributed by atoms with van der Waals surface area (Å²) in [5.74, 6) is 0. The second-order valence-corrected chi connectivity index (χ2v) is 6.54. The lowest BCUT2D eigenvalue weighted by Gasteiger charge is -2.18. The molecule has 4 heteroatoms. The van der Waals surface area contributed by atoms with Crippen molar-refractivity contribution in [1.82, 2.24) is 9.88 Å². The molecule has 2 rings (SSSR count). The van der Waals surface area contributed by atoms with Gasteiger partial charge >= 0.3 is 0 Å². The Bertz CT molecular complexity index is 573. The van der Waals surface area contributed by atoms with Crippen LogP contribution in [0.4, 0.5) is 5.69 Å². The van der Waals surface area contributed by atoms with Crippen LogP contribution in [0.1, 0.15) is 35.0 Å². The van der Waals surface area contributed by atoms with E-state index in [-0.39, 0.29) is 0 Å². The molecule has 3 nitrogen and oxygen atoms in total. The van der Waals surface area contributed by atoms with E-state index in [2.05, 4.69) is 67.2 Å². The first-order chi connectivity index (χ1) is 10.1. The van der Waals surface area contributed by atoms with Gasteiger partial charge in [-0.15, -0.1) is 11.3 Å². The molecule has 114 valence electrons. The van der Waals surface area contributed by atoms with Crippen molar-refractivity contribution in [3.05, 3.63) is 45.4 Å². The van der Waals surface area contributed by atoms with Crippen molar-refractivity contribution >= 4 is 17.0 Å². The predicted molar refractivity (Wildman–Crippen MR) is 92.0 cm³/mol. The molecule has 2 aromatic rings. The molecule has 0 bridgehead atoms. The van der Waals surface area contributed by atoms with Gasteiger partial charge in [-0.25, -0.2) is 4.98 Å². The summed E-state index contributed by atoms with van der Waals surface area (Å²) < 4.78 is 0. The second kappa shape index (κ2) is 7.57. The zero-order chi connectivity index (χ0) is 15.2. The molecule has 1 aromatic heterocycles. The molecular formula is C17H25N3S. The van der Waals surface area contributed by atoms with E-state index in [9.17, 15) is 0 Å². The van der Waals surface area contributed by atoms with Crippen LogP contribution in [0.3, 0.4) is 0 Å². The Morgan fingerprint density at radius 3 is 2.57 bits per heavy atom. The fourth-order valence-corrected chi connectivity index (χ4v) is 3.28. The van der Waals surface area contributed by atoms with Crippen LogP contribution in [0.25, 0.3) is 0 Å². The Morgan fingerprint density at radius 2 is 1.95 bits per heavy atom. The van der Waals surface area contributed by atoms with Crippen LogP contribution in [-0.4, -0.2) is 23.0 Å². The smallest absolute Gasteiger partial charge is 0.0900 e. The molecule has 1 N–H and O–H groups in total. The summed E-state index contributed by atoms with van der Waals surface area (Å²) in [7, 11) is 0. The van der Waals surface area contributed by atoms with Gasteiger partial charge in [-0.05, 0) is 44.6 Å². The van der Waals surface area contributed by atoms with Crippen molar-refractivity contribution in [2.24, 2.45) is 0 Å². The van der Waals surface area contributed by atoms with Gasteiger partial charge in [0.15, 0.2) is 0 Å². The number of aromatic nitrogens is 1. The molecule has 0 aliphatic rings. The van der Waals surface area contributed by atoms with E-state index in [1.807, 2.05) is 0 Å². The Morgan fingerprint density at radius 1 is 1.19 bits per heavy atom. The fraction of sp³-hybridized carbons (Fsp3) is 0.471. The average Bonchev–Trinajstić information content (AvgIpc) is 2.81. The minimum atomic E-state index is 0.853. The van der Waals surface area contributed by atoms with Gasteiger partial charge in [-0.2, -0.15) is 0 Å². The monoisotopic (exact) mass is 303 g/mol. The average molecular weight is 303 g/mol. The molecule has 0 atom stereocenters. The van der Waals surface area contributed by atoms with Crippen LogP contribution in [0, 0.1) is 13.8 Å². The largest absolute Gasteiger partial charge is 0.380 e. The van der Waals surface area contributed by atoms with E-state index < -0.39 is 0 Å². The maximum Gasteiger partial charge on any atom is 0.0900 e. The van der Waals surface area contributed by atoms with Gasteiger partial charge in [0.05, 0.1) is 17.2 Å². The zero-order valence-electron chi connectivity index (χ0n) is 13.4. The van der Waals surface area contributed by atoms with Gasteiger partial charge in [0.25, 0.3) is 0 Å². The number of hydrogen-bond acceptors (Lipinski definition) is 4. The summed E-state index contributed by atoms with van der Waals surface area (Å²) in [6.45, 7) is 12.6. The van der Waals surface area contributed by atoms with Crippen molar-refractivity contribution in [2.45, 2.75) is 40.8 Å². The Labute approximate surface area is 132 Å². The van der Waals surface area contributed by atoms with Crippen molar-refractivity contribution < 1.29 is 0 Å². The standard InChI is InChI=1S/C17H25N3S/c1-5-20(6-2)12-15-8-7-9-16(10-15)18-11-17-13(3)19-14(4)21-17/h7-10,18H,5-6,11-12H2,1-4H3. The number of anilines is 1. The number of nitrogens with zero attached hydrogens (tertiary/aromatic N) is 2. The first-order valence-electron chi connectivity index (χ1n) is 7.60. The molecular weight excluding hydrogens is 278 g/mol. The molecule has 21 heavy (non-hydrogen) atoms. The third-order valence-electron chi connectivity index (χ3n) is 3.68. The van der Waals surface area contributed by atoms with Gasteiger partial charge in [0.1, 0.15) is 0 Å². The molecule has 1 heterocycles. The van der Waals surface area contributed by atoms with E-state index >= 15 is 0 Å². The van der Waals surface area contributed by atoms with Gasteiger partial charge in [-0.1, -0.05) is 26.0 Å². The van der Waals surface area contributed by atoms with Gasteiger partial charge in [0, 0.05) is 17.1 Å². The Hall–Kier alpha value is -1.39. The highest BCUT2D eigenvalue weighted by molar-refractivity contribution is 7.11. The highest BCUT2D eigenvalue weighted by Crippen LogP contribution is 2.19. The van der Waals surface area contributed by atoms with Crippen LogP contribution >= 0.6 is 11.3 Å². The van der Waals surface area contributed by atoms with E-state index in [0.29, 0.717) is 0 Å². The molecule has 0 saturated carbocycles. The third-order valence-corrected chi connectivity index (χ3v) is 4.75. The quantitative estimate of drug-likeness (QED) is 0.830. The Balaban J connectivity index is 1.99. The van der Waals surface area contributed by atoms with E-state index in [4.69, 9.17) is 0 Å². The predicted octanol–water partition coefficient (Wildman–Crippen LogP) is 4.21. The fourth-order valence-electron chi connectivity index (χ4n) is 2.40. The zero-order valence-corrected chi connectivity index (χ0v) is 14.3. The summed E-state index contributed by atoms with van der Waals surface area (Å²) in [6.07, 6.45) is 0. The summed E-state index contributed by atoms with van der Waals surface area (Å²) >= 11 is 1.77. The van der Waals surface area contributed by atoms with E-state index in [1.165, 1.54) is 16.1 Å². The van der Waals surface area contributed by atoms with Crippen LogP contribution < -0.4 is 5.32 Å². The second-order valence-electron chi connectivity index (χ2n) is 5.26. The molecule has 0 saturated heterocycles. The number of benzene rings is 1. The van der Waals surface area contributed by atoms with Gasteiger partial charge < -0.3 is 5.32 Å². The molecule has 0 radical (unpaired) electrons. The Kier molecular flexibility index (Phi) is 5.76. The number of rotatable bonds is 7. The van der Waals surface area contributed by atoms with Crippen LogP contribution in [0.2, 0.25) is 0 Å². The molecule has 0 fully saturated rings. The van der Waals surface area contributed by atoms with Crippen LogP contribution in [0.5, 0.6) is 0 Å². The summed E-state index contributed by atoms with van der Waals surface area (Å²) in [6, 6.07) is 8.72. The highest BCUT2D eigenvalue weighted by atomic mass is 32.1. The molecule has 0 aliphatic carbocycles. The van der Waals surface area contributed by atoms with Crippen molar-refractivity contribution in [3.8, 4) is 0 Å². The van der Waals surface area contributed by atoms with Crippen LogP contribution in [-0.2, 0) is 13.1 Å². The SMILES string of the molecule is CCN(CC)Cc1cccc(NCc2sc(C)nc2C)c1. The minimum absolute atomic E-state index is 0.853. The highest BCUT2D eigenvalue weighted by Gasteiger charge is 2.05. The molecule has 0 amide bonds. The summed E-state index contributed by atoms with van der Waals surface area (Å²) in [5.41, 5.74) is 3.69. The maximum atomic E-state index is 4.47. The minimum Gasteiger partial charge on any atom is -0.380 e. The van der Waals surface area contributed by atoms with Crippen molar-refractivity contribution in [2.75, 3.05) is 18.4 Å². The topological polar surface area (TPSA) is 28.2 Å². The molecule has 0 unspecified atom stereocenters. The number of aryl methyl sites for hydroxylation is 2. The van der Waals surface area contributed by atoms with Crippen molar-refractivity contribution in [3.63, 3.8) is 0 Å². The summed E-state index contributed by atoms with van der Waals surface area (Å²) in [4.78, 5) is 8.22. The lowest BCUT2D eigenvalue weighted by molar-refractivity contribution is 0.296. The first kappa shape index (κ1) is 16.0.